The lowest BCUT2D eigenvalue weighted by Gasteiger charge is -2.04. The first-order chi connectivity index (χ1) is 6.77. The molecule has 0 heterocycles. The summed E-state index contributed by atoms with van der Waals surface area (Å²) in [6.07, 6.45) is 0.902. The van der Waals surface area contributed by atoms with Crippen LogP contribution in [0.4, 0.5) is 4.39 Å². The molecule has 0 bridgehead atoms. The Bertz CT molecular complexity index is 344. The Morgan fingerprint density at radius 2 is 2.29 bits per heavy atom. The van der Waals surface area contributed by atoms with Gasteiger partial charge in [0.05, 0.1) is 18.2 Å². The lowest BCUT2D eigenvalue weighted by molar-refractivity contribution is 0.119. The number of rotatable bonds is 4. The molecular formula is C11H12FNO. The Morgan fingerprint density at radius 3 is 2.93 bits per heavy atom. The number of ether oxygens (including phenoxy) is 1. The van der Waals surface area contributed by atoms with E-state index in [4.69, 9.17) is 10.00 Å². The summed E-state index contributed by atoms with van der Waals surface area (Å²) in [6, 6.07) is 6.23. The van der Waals surface area contributed by atoms with Gasteiger partial charge in [0.25, 0.3) is 0 Å². The number of nitriles is 1. The second kappa shape index (κ2) is 5.36. The minimum Gasteiger partial charge on any atom is -0.377 e. The lowest BCUT2D eigenvalue weighted by Crippen LogP contribution is -1.97. The predicted molar refractivity (Wildman–Crippen MR) is 51.1 cm³/mol. The van der Waals surface area contributed by atoms with Crippen LogP contribution in [0, 0.1) is 17.1 Å². The van der Waals surface area contributed by atoms with Crippen LogP contribution in [-0.4, -0.2) is 6.61 Å². The quantitative estimate of drug-likeness (QED) is 0.688. The molecule has 0 aliphatic heterocycles. The highest BCUT2D eigenvalue weighted by molar-refractivity contribution is 5.33. The molecule has 0 amide bonds. The van der Waals surface area contributed by atoms with E-state index in [9.17, 15) is 4.39 Å². The summed E-state index contributed by atoms with van der Waals surface area (Å²) >= 11 is 0. The monoisotopic (exact) mass is 193 g/mol. The van der Waals surface area contributed by atoms with Crippen LogP contribution in [0.15, 0.2) is 18.2 Å². The zero-order valence-electron chi connectivity index (χ0n) is 8.09. The first kappa shape index (κ1) is 10.7. The van der Waals surface area contributed by atoms with Gasteiger partial charge in [0, 0.05) is 12.2 Å². The van der Waals surface area contributed by atoms with E-state index >= 15 is 0 Å². The molecule has 0 spiro atoms. The van der Waals surface area contributed by atoms with Gasteiger partial charge in [0.1, 0.15) is 5.82 Å². The van der Waals surface area contributed by atoms with Gasteiger partial charge in [-0.3, -0.25) is 0 Å². The van der Waals surface area contributed by atoms with E-state index in [1.165, 1.54) is 18.2 Å². The standard InChI is InChI=1S/C11H12FNO/c1-2-5-14-8-10-6-9(7-13)3-4-11(10)12/h3-4,6H,2,5,8H2,1H3. The van der Waals surface area contributed by atoms with E-state index in [0.29, 0.717) is 17.7 Å². The Morgan fingerprint density at radius 1 is 1.50 bits per heavy atom. The van der Waals surface area contributed by atoms with E-state index in [0.717, 1.165) is 6.42 Å². The second-order valence-electron chi connectivity index (χ2n) is 2.97. The van der Waals surface area contributed by atoms with Crippen LogP contribution in [0.5, 0.6) is 0 Å². The molecule has 0 saturated carbocycles. The van der Waals surface area contributed by atoms with Gasteiger partial charge in [-0.2, -0.15) is 5.26 Å². The van der Waals surface area contributed by atoms with Crippen molar-refractivity contribution >= 4 is 0 Å². The van der Waals surface area contributed by atoms with Gasteiger partial charge in [-0.25, -0.2) is 4.39 Å². The number of hydrogen-bond donors (Lipinski definition) is 0. The Balaban J connectivity index is 2.70. The Kier molecular flexibility index (Phi) is 4.09. The molecule has 1 aromatic rings. The normalized spacial score (nSPS) is 9.79. The topological polar surface area (TPSA) is 33.0 Å². The molecule has 0 aliphatic rings. The molecule has 74 valence electrons. The fourth-order valence-corrected chi connectivity index (χ4v) is 1.08. The molecule has 1 rings (SSSR count). The van der Waals surface area contributed by atoms with Gasteiger partial charge < -0.3 is 4.74 Å². The van der Waals surface area contributed by atoms with E-state index in [1.807, 2.05) is 13.0 Å². The average Bonchev–Trinajstić information content (AvgIpc) is 2.21. The zero-order chi connectivity index (χ0) is 10.4. The van der Waals surface area contributed by atoms with Crippen molar-refractivity contribution in [3.63, 3.8) is 0 Å². The Labute approximate surface area is 82.9 Å². The first-order valence-corrected chi connectivity index (χ1v) is 4.54. The smallest absolute Gasteiger partial charge is 0.128 e. The predicted octanol–water partition coefficient (Wildman–Crippen LogP) is 2.62. The van der Waals surface area contributed by atoms with Crippen LogP contribution in [0.1, 0.15) is 24.5 Å². The number of nitrogens with zero attached hydrogens (tertiary/aromatic N) is 1. The van der Waals surface area contributed by atoms with Gasteiger partial charge in [-0.1, -0.05) is 6.92 Å². The molecular weight excluding hydrogens is 181 g/mol. The zero-order valence-corrected chi connectivity index (χ0v) is 8.09. The minimum absolute atomic E-state index is 0.231. The highest BCUT2D eigenvalue weighted by atomic mass is 19.1. The summed E-state index contributed by atoms with van der Waals surface area (Å²) in [6.45, 7) is 2.83. The number of benzene rings is 1. The van der Waals surface area contributed by atoms with Crippen molar-refractivity contribution in [2.75, 3.05) is 6.61 Å². The molecule has 2 nitrogen and oxygen atoms in total. The highest BCUT2D eigenvalue weighted by Gasteiger charge is 2.03. The van der Waals surface area contributed by atoms with Crippen LogP contribution < -0.4 is 0 Å². The summed E-state index contributed by atoms with van der Waals surface area (Å²) in [4.78, 5) is 0. The van der Waals surface area contributed by atoms with E-state index < -0.39 is 0 Å². The third kappa shape index (κ3) is 2.82. The number of halogens is 1. The highest BCUT2D eigenvalue weighted by Crippen LogP contribution is 2.11. The van der Waals surface area contributed by atoms with Crippen molar-refractivity contribution in [2.24, 2.45) is 0 Å². The fourth-order valence-electron chi connectivity index (χ4n) is 1.08. The van der Waals surface area contributed by atoms with Crippen molar-refractivity contribution in [3.8, 4) is 6.07 Å². The van der Waals surface area contributed by atoms with Crippen LogP contribution >= 0.6 is 0 Å². The molecule has 0 N–H and O–H groups in total. The third-order valence-electron chi connectivity index (χ3n) is 1.78. The average molecular weight is 193 g/mol. The maximum Gasteiger partial charge on any atom is 0.128 e. The molecule has 1 aromatic carbocycles. The van der Waals surface area contributed by atoms with Gasteiger partial charge in [0.15, 0.2) is 0 Å². The summed E-state index contributed by atoms with van der Waals surface area (Å²) in [5.74, 6) is -0.319. The fraction of sp³-hybridized carbons (Fsp3) is 0.364. The molecule has 0 atom stereocenters. The number of hydrogen-bond acceptors (Lipinski definition) is 2. The maximum absolute atomic E-state index is 13.1. The molecule has 14 heavy (non-hydrogen) atoms. The summed E-state index contributed by atoms with van der Waals surface area (Å²) in [5.41, 5.74) is 0.902. The maximum atomic E-state index is 13.1. The Hall–Kier alpha value is -1.40. The SMILES string of the molecule is CCCOCc1cc(C#N)ccc1F. The lowest BCUT2D eigenvalue weighted by atomic mass is 10.1. The molecule has 0 aromatic heterocycles. The molecule has 0 aliphatic carbocycles. The molecule has 0 fully saturated rings. The summed E-state index contributed by atoms with van der Waals surface area (Å²) in [7, 11) is 0. The van der Waals surface area contributed by atoms with Gasteiger partial charge in [0.2, 0.25) is 0 Å². The molecule has 0 saturated heterocycles. The largest absolute Gasteiger partial charge is 0.377 e. The van der Waals surface area contributed by atoms with Crippen molar-refractivity contribution in [2.45, 2.75) is 20.0 Å². The van der Waals surface area contributed by atoms with Gasteiger partial charge in [-0.15, -0.1) is 0 Å². The molecule has 0 radical (unpaired) electrons. The third-order valence-corrected chi connectivity index (χ3v) is 1.78. The second-order valence-corrected chi connectivity index (χ2v) is 2.97. The minimum atomic E-state index is -0.319. The van der Waals surface area contributed by atoms with Crippen molar-refractivity contribution < 1.29 is 9.13 Å². The summed E-state index contributed by atoms with van der Waals surface area (Å²) < 4.78 is 18.3. The van der Waals surface area contributed by atoms with Crippen molar-refractivity contribution in [1.82, 2.24) is 0 Å². The van der Waals surface area contributed by atoms with Crippen LogP contribution in [0.3, 0.4) is 0 Å². The van der Waals surface area contributed by atoms with E-state index in [1.54, 1.807) is 0 Å². The van der Waals surface area contributed by atoms with Crippen LogP contribution in [0.25, 0.3) is 0 Å². The summed E-state index contributed by atoms with van der Waals surface area (Å²) in [5, 5.41) is 8.61. The molecule has 3 heteroatoms. The van der Waals surface area contributed by atoms with Gasteiger partial charge in [-0.05, 0) is 24.6 Å². The van der Waals surface area contributed by atoms with E-state index in [2.05, 4.69) is 0 Å². The van der Waals surface area contributed by atoms with Crippen molar-refractivity contribution in [3.05, 3.63) is 35.1 Å². The van der Waals surface area contributed by atoms with Crippen molar-refractivity contribution in [1.29, 1.82) is 5.26 Å². The first-order valence-electron chi connectivity index (χ1n) is 4.54. The van der Waals surface area contributed by atoms with Crippen LogP contribution in [0.2, 0.25) is 0 Å². The van der Waals surface area contributed by atoms with E-state index in [-0.39, 0.29) is 12.4 Å². The van der Waals surface area contributed by atoms with Gasteiger partial charge >= 0.3 is 0 Å². The van der Waals surface area contributed by atoms with Crippen LogP contribution in [-0.2, 0) is 11.3 Å². The molecule has 0 unspecified atom stereocenters.